The van der Waals surface area contributed by atoms with Gasteiger partial charge in [-0.15, -0.1) is 0 Å². The van der Waals surface area contributed by atoms with E-state index in [4.69, 9.17) is 5.73 Å². The lowest BCUT2D eigenvalue weighted by Gasteiger charge is -2.18. The van der Waals surface area contributed by atoms with Gasteiger partial charge in [0.1, 0.15) is 0 Å². The molecule has 2 rings (SSSR count). The Morgan fingerprint density at radius 1 is 1.60 bits per heavy atom. The fourth-order valence-corrected chi connectivity index (χ4v) is 2.12. The summed E-state index contributed by atoms with van der Waals surface area (Å²) in [5.74, 6) is 1.68. The van der Waals surface area contributed by atoms with Gasteiger partial charge in [0, 0.05) is 31.8 Å². The quantitative estimate of drug-likeness (QED) is 0.750. The maximum atomic E-state index is 9.19. The molecule has 0 bridgehead atoms. The molecule has 0 aliphatic carbocycles. The van der Waals surface area contributed by atoms with Gasteiger partial charge in [-0.25, -0.2) is 4.98 Å². The van der Waals surface area contributed by atoms with Gasteiger partial charge in [-0.05, 0) is 18.1 Å². The number of aromatic nitrogens is 1. The zero-order valence-electron chi connectivity index (χ0n) is 8.93. The molecular formula is C11H17N3O. The Labute approximate surface area is 89.7 Å². The molecule has 2 atom stereocenters. The van der Waals surface area contributed by atoms with Crippen molar-refractivity contribution in [3.8, 4) is 0 Å². The number of nitrogen functional groups attached to an aromatic ring is 1. The van der Waals surface area contributed by atoms with Crippen molar-refractivity contribution in [3.63, 3.8) is 0 Å². The van der Waals surface area contributed by atoms with Crippen molar-refractivity contribution in [1.29, 1.82) is 0 Å². The number of anilines is 2. The van der Waals surface area contributed by atoms with Gasteiger partial charge in [-0.1, -0.05) is 6.92 Å². The van der Waals surface area contributed by atoms with Crippen LogP contribution in [-0.4, -0.2) is 29.8 Å². The lowest BCUT2D eigenvalue weighted by atomic mass is 10.00. The summed E-state index contributed by atoms with van der Waals surface area (Å²) in [4.78, 5) is 6.44. The molecule has 0 radical (unpaired) electrons. The van der Waals surface area contributed by atoms with E-state index < -0.39 is 0 Å². The Bertz CT molecular complexity index is 342. The highest BCUT2D eigenvalue weighted by Gasteiger charge is 2.30. The maximum absolute atomic E-state index is 9.19. The van der Waals surface area contributed by atoms with E-state index in [1.165, 1.54) is 0 Å². The standard InChI is InChI=1S/C11H17N3O/c1-8-5-14(6-9(8)7-15)11-10(12)3-2-4-13-11/h2-4,8-9,15H,5-7,12H2,1H3/t8-,9-/m1/s1. The molecule has 0 unspecified atom stereocenters. The predicted octanol–water partition coefficient (Wildman–Crippen LogP) is 0.728. The predicted molar refractivity (Wildman–Crippen MR) is 60.6 cm³/mol. The molecule has 0 spiro atoms. The highest BCUT2D eigenvalue weighted by molar-refractivity contribution is 5.62. The van der Waals surface area contributed by atoms with Crippen LogP contribution < -0.4 is 10.6 Å². The monoisotopic (exact) mass is 207 g/mol. The topological polar surface area (TPSA) is 62.4 Å². The Balaban J connectivity index is 2.17. The van der Waals surface area contributed by atoms with E-state index in [-0.39, 0.29) is 6.61 Å². The first kappa shape index (κ1) is 10.2. The first-order valence-electron chi connectivity index (χ1n) is 5.28. The van der Waals surface area contributed by atoms with Crippen molar-refractivity contribution in [1.82, 2.24) is 4.98 Å². The highest BCUT2D eigenvalue weighted by Crippen LogP contribution is 2.29. The van der Waals surface area contributed by atoms with Crippen molar-refractivity contribution < 1.29 is 5.11 Å². The summed E-state index contributed by atoms with van der Waals surface area (Å²) in [6.07, 6.45) is 1.75. The van der Waals surface area contributed by atoms with Crippen LogP contribution >= 0.6 is 0 Å². The number of aliphatic hydroxyl groups excluding tert-OH is 1. The largest absolute Gasteiger partial charge is 0.396 e. The normalized spacial score (nSPS) is 25.9. The fraction of sp³-hybridized carbons (Fsp3) is 0.545. The Morgan fingerprint density at radius 3 is 3.00 bits per heavy atom. The third-order valence-electron chi connectivity index (χ3n) is 3.12. The Morgan fingerprint density at radius 2 is 2.40 bits per heavy atom. The van der Waals surface area contributed by atoms with Gasteiger partial charge in [0.15, 0.2) is 5.82 Å². The third-order valence-corrected chi connectivity index (χ3v) is 3.12. The van der Waals surface area contributed by atoms with Gasteiger partial charge in [0.25, 0.3) is 0 Å². The number of pyridine rings is 1. The zero-order valence-corrected chi connectivity index (χ0v) is 8.93. The smallest absolute Gasteiger partial charge is 0.151 e. The molecule has 1 saturated heterocycles. The molecule has 15 heavy (non-hydrogen) atoms. The molecule has 2 heterocycles. The number of hydrogen-bond acceptors (Lipinski definition) is 4. The van der Waals surface area contributed by atoms with E-state index in [2.05, 4.69) is 16.8 Å². The van der Waals surface area contributed by atoms with E-state index in [0.29, 0.717) is 17.5 Å². The molecule has 1 aromatic heterocycles. The van der Waals surface area contributed by atoms with Crippen LogP contribution in [0.1, 0.15) is 6.92 Å². The molecule has 0 amide bonds. The van der Waals surface area contributed by atoms with Crippen LogP contribution in [0.4, 0.5) is 11.5 Å². The number of rotatable bonds is 2. The summed E-state index contributed by atoms with van der Waals surface area (Å²) in [6, 6.07) is 3.70. The van der Waals surface area contributed by atoms with Crippen LogP contribution in [0.2, 0.25) is 0 Å². The van der Waals surface area contributed by atoms with Crippen molar-refractivity contribution in [2.45, 2.75) is 6.92 Å². The molecule has 1 aliphatic heterocycles. The van der Waals surface area contributed by atoms with Gasteiger partial charge in [0.05, 0.1) is 5.69 Å². The molecule has 0 aromatic carbocycles. The third kappa shape index (κ3) is 1.90. The second kappa shape index (κ2) is 4.06. The van der Waals surface area contributed by atoms with Gasteiger partial charge in [0.2, 0.25) is 0 Å². The lowest BCUT2D eigenvalue weighted by Crippen LogP contribution is -2.22. The minimum atomic E-state index is 0.240. The Kier molecular flexibility index (Phi) is 2.77. The summed E-state index contributed by atoms with van der Waals surface area (Å²) >= 11 is 0. The summed E-state index contributed by atoms with van der Waals surface area (Å²) in [5, 5.41) is 9.19. The number of hydrogen-bond donors (Lipinski definition) is 2. The first-order chi connectivity index (χ1) is 7.22. The second-order valence-electron chi connectivity index (χ2n) is 4.24. The van der Waals surface area contributed by atoms with Crippen LogP contribution in [0.25, 0.3) is 0 Å². The van der Waals surface area contributed by atoms with Crippen LogP contribution in [0.15, 0.2) is 18.3 Å². The Hall–Kier alpha value is -1.29. The fourth-order valence-electron chi connectivity index (χ4n) is 2.12. The minimum Gasteiger partial charge on any atom is -0.396 e. The van der Waals surface area contributed by atoms with Crippen molar-refractivity contribution in [2.75, 3.05) is 30.3 Å². The molecule has 1 aromatic rings. The van der Waals surface area contributed by atoms with Crippen LogP contribution in [-0.2, 0) is 0 Å². The highest BCUT2D eigenvalue weighted by atomic mass is 16.3. The van der Waals surface area contributed by atoms with Crippen LogP contribution in [0, 0.1) is 11.8 Å². The lowest BCUT2D eigenvalue weighted by molar-refractivity contribution is 0.212. The van der Waals surface area contributed by atoms with E-state index in [9.17, 15) is 5.11 Å². The molecule has 1 fully saturated rings. The molecular weight excluding hydrogens is 190 g/mol. The van der Waals surface area contributed by atoms with E-state index in [0.717, 1.165) is 18.9 Å². The first-order valence-corrected chi connectivity index (χ1v) is 5.28. The summed E-state index contributed by atoms with van der Waals surface area (Å²) in [5.41, 5.74) is 6.58. The summed E-state index contributed by atoms with van der Waals surface area (Å²) < 4.78 is 0. The molecule has 0 saturated carbocycles. The molecule has 4 nitrogen and oxygen atoms in total. The molecule has 3 N–H and O–H groups in total. The average Bonchev–Trinajstić information content (AvgIpc) is 2.60. The molecule has 82 valence electrons. The minimum absolute atomic E-state index is 0.240. The van der Waals surface area contributed by atoms with Gasteiger partial charge in [-0.3, -0.25) is 0 Å². The van der Waals surface area contributed by atoms with Crippen molar-refractivity contribution >= 4 is 11.5 Å². The number of aliphatic hydroxyl groups is 1. The summed E-state index contributed by atoms with van der Waals surface area (Å²) in [6.45, 7) is 4.16. The van der Waals surface area contributed by atoms with Crippen LogP contribution in [0.3, 0.4) is 0 Å². The molecule has 1 aliphatic rings. The maximum Gasteiger partial charge on any atom is 0.151 e. The van der Waals surface area contributed by atoms with E-state index >= 15 is 0 Å². The van der Waals surface area contributed by atoms with Crippen molar-refractivity contribution in [2.24, 2.45) is 11.8 Å². The number of nitrogens with zero attached hydrogens (tertiary/aromatic N) is 2. The van der Waals surface area contributed by atoms with Gasteiger partial charge in [-0.2, -0.15) is 0 Å². The van der Waals surface area contributed by atoms with Gasteiger partial charge >= 0.3 is 0 Å². The van der Waals surface area contributed by atoms with Crippen LogP contribution in [0.5, 0.6) is 0 Å². The van der Waals surface area contributed by atoms with Gasteiger partial charge < -0.3 is 15.7 Å². The summed E-state index contributed by atoms with van der Waals surface area (Å²) in [7, 11) is 0. The second-order valence-corrected chi connectivity index (χ2v) is 4.24. The average molecular weight is 207 g/mol. The molecule has 4 heteroatoms. The zero-order chi connectivity index (χ0) is 10.8. The SMILES string of the molecule is C[C@@H]1CN(c2ncccc2N)C[C@@H]1CO. The number of nitrogens with two attached hydrogens (primary N) is 1. The van der Waals surface area contributed by atoms with E-state index in [1.807, 2.05) is 12.1 Å². The van der Waals surface area contributed by atoms with Crippen molar-refractivity contribution in [3.05, 3.63) is 18.3 Å². The van der Waals surface area contributed by atoms with E-state index in [1.54, 1.807) is 6.20 Å².